The highest BCUT2D eigenvalue weighted by molar-refractivity contribution is 6.39. The molecule has 1 aromatic rings. The highest BCUT2D eigenvalue weighted by Gasteiger charge is 2.32. The molecule has 0 spiro atoms. The van der Waals surface area contributed by atoms with Gasteiger partial charge in [0.15, 0.2) is 0 Å². The van der Waals surface area contributed by atoms with Gasteiger partial charge in [0.1, 0.15) is 0 Å². The minimum Gasteiger partial charge on any atom is -0.381 e. The number of carbonyl (C=O) groups excluding carboxylic acids is 3. The summed E-state index contributed by atoms with van der Waals surface area (Å²) >= 11 is 0. The molecule has 32 heavy (non-hydrogen) atoms. The number of likely N-dealkylation sites (tertiary alicyclic amines) is 1. The lowest BCUT2D eigenvalue weighted by Crippen LogP contribution is -2.46. The van der Waals surface area contributed by atoms with Gasteiger partial charge in [0.25, 0.3) is 0 Å². The van der Waals surface area contributed by atoms with Crippen molar-refractivity contribution in [3.05, 3.63) is 23.3 Å². The van der Waals surface area contributed by atoms with Crippen LogP contribution in [0.1, 0.15) is 43.2 Å². The number of nitrogens with one attached hydrogen (secondary N) is 2. The predicted octanol–water partition coefficient (Wildman–Crippen LogP) is 1.47. The number of anilines is 2. The molecule has 4 heterocycles. The van der Waals surface area contributed by atoms with Gasteiger partial charge in [-0.15, -0.1) is 0 Å². The second-order valence-corrected chi connectivity index (χ2v) is 9.43. The lowest BCUT2D eigenvalue weighted by molar-refractivity contribution is -0.136. The first-order valence-electron chi connectivity index (χ1n) is 12.0. The zero-order valence-electron chi connectivity index (χ0n) is 18.5. The number of aryl methyl sites for hydroxylation is 1. The fraction of sp³-hybridized carbons (Fsp3) is 0.625. The lowest BCUT2D eigenvalue weighted by Gasteiger charge is -2.39. The Morgan fingerprint density at radius 2 is 1.66 bits per heavy atom. The molecule has 0 saturated carbocycles. The van der Waals surface area contributed by atoms with Crippen molar-refractivity contribution in [2.45, 2.75) is 51.0 Å². The van der Waals surface area contributed by atoms with E-state index in [0.717, 1.165) is 75.2 Å². The summed E-state index contributed by atoms with van der Waals surface area (Å²) in [5.41, 5.74) is 3.80. The van der Waals surface area contributed by atoms with Crippen molar-refractivity contribution in [1.82, 2.24) is 10.2 Å². The molecule has 0 aromatic heterocycles. The second kappa shape index (κ2) is 9.19. The lowest BCUT2D eigenvalue weighted by atomic mass is 9.94. The monoisotopic (exact) mass is 440 g/mol. The van der Waals surface area contributed by atoms with Crippen molar-refractivity contribution < 1.29 is 19.1 Å². The molecule has 3 amide bonds. The van der Waals surface area contributed by atoms with Crippen LogP contribution in [0.3, 0.4) is 0 Å². The molecule has 172 valence electrons. The first-order valence-corrected chi connectivity index (χ1v) is 12.0. The molecule has 0 aliphatic carbocycles. The normalized spacial score (nSPS) is 22.0. The third kappa shape index (κ3) is 4.38. The molecule has 1 aromatic carbocycles. The third-order valence-electron chi connectivity index (χ3n) is 7.42. The molecule has 0 atom stereocenters. The Balaban J connectivity index is 1.10. The third-order valence-corrected chi connectivity index (χ3v) is 7.42. The summed E-state index contributed by atoms with van der Waals surface area (Å²) in [6, 6.07) is 4.43. The highest BCUT2D eigenvalue weighted by Crippen LogP contribution is 2.38. The minimum atomic E-state index is -0.626. The van der Waals surface area contributed by atoms with E-state index in [1.165, 1.54) is 0 Å². The van der Waals surface area contributed by atoms with Crippen molar-refractivity contribution in [2.75, 3.05) is 49.6 Å². The molecule has 4 aliphatic heterocycles. The van der Waals surface area contributed by atoms with Gasteiger partial charge in [-0.3, -0.25) is 14.4 Å². The van der Waals surface area contributed by atoms with E-state index in [1.54, 1.807) is 0 Å². The number of nitrogens with zero attached hydrogens (tertiary/aromatic N) is 2. The van der Waals surface area contributed by atoms with Gasteiger partial charge in [0, 0.05) is 44.5 Å². The number of amides is 3. The first kappa shape index (κ1) is 21.4. The quantitative estimate of drug-likeness (QED) is 0.692. The minimum absolute atomic E-state index is 0.172. The van der Waals surface area contributed by atoms with Crippen molar-refractivity contribution >= 4 is 29.1 Å². The van der Waals surface area contributed by atoms with Crippen LogP contribution < -0.4 is 15.5 Å². The van der Waals surface area contributed by atoms with E-state index in [2.05, 4.69) is 15.5 Å². The molecule has 0 bridgehead atoms. The van der Waals surface area contributed by atoms with Gasteiger partial charge in [-0.05, 0) is 80.8 Å². The summed E-state index contributed by atoms with van der Waals surface area (Å²) in [6.45, 7) is 5.06. The van der Waals surface area contributed by atoms with Crippen LogP contribution in [0.2, 0.25) is 0 Å². The van der Waals surface area contributed by atoms with E-state index in [4.69, 9.17) is 4.74 Å². The molecule has 8 nitrogen and oxygen atoms in total. The summed E-state index contributed by atoms with van der Waals surface area (Å²) in [7, 11) is 0. The summed E-state index contributed by atoms with van der Waals surface area (Å²) < 4.78 is 5.46. The van der Waals surface area contributed by atoms with E-state index in [9.17, 15) is 14.4 Å². The number of hydrogen-bond acceptors (Lipinski definition) is 5. The van der Waals surface area contributed by atoms with Crippen LogP contribution >= 0.6 is 0 Å². The molecule has 4 aliphatic rings. The number of carbonyl (C=O) groups is 3. The largest absolute Gasteiger partial charge is 0.381 e. The summed E-state index contributed by atoms with van der Waals surface area (Å²) in [4.78, 5) is 41.3. The molecular weight excluding hydrogens is 408 g/mol. The maximum absolute atomic E-state index is 12.5. The molecule has 0 unspecified atom stereocenters. The Bertz CT molecular complexity index is 904. The smallest absolute Gasteiger partial charge is 0.313 e. The Labute approximate surface area is 188 Å². The maximum Gasteiger partial charge on any atom is 0.313 e. The average Bonchev–Trinajstić information content (AvgIpc) is 3.26. The van der Waals surface area contributed by atoms with Gasteiger partial charge in [0.05, 0.1) is 5.69 Å². The zero-order chi connectivity index (χ0) is 22.1. The van der Waals surface area contributed by atoms with E-state index < -0.39 is 11.8 Å². The summed E-state index contributed by atoms with van der Waals surface area (Å²) in [5.74, 6) is -0.622. The second-order valence-electron chi connectivity index (χ2n) is 9.43. The number of ether oxygens (including phenoxy) is 1. The van der Waals surface area contributed by atoms with E-state index in [0.29, 0.717) is 43.6 Å². The van der Waals surface area contributed by atoms with Crippen LogP contribution in [-0.4, -0.2) is 68.1 Å². The van der Waals surface area contributed by atoms with Crippen LogP contribution in [0.4, 0.5) is 11.4 Å². The van der Waals surface area contributed by atoms with Crippen LogP contribution in [-0.2, 0) is 32.0 Å². The van der Waals surface area contributed by atoms with E-state index in [1.807, 2.05) is 17.0 Å². The van der Waals surface area contributed by atoms with Crippen LogP contribution in [0.5, 0.6) is 0 Å². The van der Waals surface area contributed by atoms with E-state index in [-0.39, 0.29) is 5.91 Å². The van der Waals surface area contributed by atoms with Crippen LogP contribution in [0.15, 0.2) is 12.1 Å². The Morgan fingerprint density at radius 3 is 2.41 bits per heavy atom. The zero-order valence-corrected chi connectivity index (χ0v) is 18.5. The topological polar surface area (TPSA) is 91.0 Å². The molecule has 2 saturated heterocycles. The fourth-order valence-electron chi connectivity index (χ4n) is 5.61. The fourth-order valence-corrected chi connectivity index (χ4v) is 5.61. The number of rotatable bonds is 4. The van der Waals surface area contributed by atoms with Gasteiger partial charge in [-0.1, -0.05) is 0 Å². The van der Waals surface area contributed by atoms with Gasteiger partial charge < -0.3 is 25.2 Å². The van der Waals surface area contributed by atoms with Gasteiger partial charge >= 0.3 is 11.8 Å². The number of hydrogen-bond donors (Lipinski definition) is 2. The maximum atomic E-state index is 12.5. The number of benzene rings is 1. The Morgan fingerprint density at radius 1 is 0.938 bits per heavy atom. The van der Waals surface area contributed by atoms with Crippen LogP contribution in [0, 0.1) is 5.92 Å². The molecule has 2 fully saturated rings. The van der Waals surface area contributed by atoms with Crippen molar-refractivity contribution in [3.63, 3.8) is 0 Å². The Hall–Kier alpha value is -2.45. The molecule has 2 N–H and O–H groups in total. The molecular formula is C24H32N4O4. The van der Waals surface area contributed by atoms with Crippen molar-refractivity contribution in [2.24, 2.45) is 5.92 Å². The van der Waals surface area contributed by atoms with Gasteiger partial charge in [0.2, 0.25) is 5.91 Å². The van der Waals surface area contributed by atoms with Crippen molar-refractivity contribution in [1.29, 1.82) is 0 Å². The van der Waals surface area contributed by atoms with Gasteiger partial charge in [-0.25, -0.2) is 0 Å². The molecule has 8 heteroatoms. The van der Waals surface area contributed by atoms with Crippen molar-refractivity contribution in [3.8, 4) is 0 Å². The van der Waals surface area contributed by atoms with Crippen LogP contribution in [0.25, 0.3) is 0 Å². The summed E-state index contributed by atoms with van der Waals surface area (Å²) in [6.07, 6.45) is 6.28. The average molecular weight is 441 g/mol. The Kier molecular flexibility index (Phi) is 6.15. The first-order chi connectivity index (χ1) is 15.6. The standard InChI is InChI=1S/C24H32N4O4/c29-21-2-1-17-13-19(14-18-5-10-28(21)22(17)18)26-24(31)23(30)25-15-16-3-8-27(9-4-16)20-6-11-32-12-7-20/h13-14,16,20H,1-12,15H2,(H,25,30)(H,26,31). The molecule has 0 radical (unpaired) electrons. The van der Waals surface area contributed by atoms with Gasteiger partial charge in [-0.2, -0.15) is 0 Å². The summed E-state index contributed by atoms with van der Waals surface area (Å²) in [5, 5.41) is 5.59. The molecule has 5 rings (SSSR count). The highest BCUT2D eigenvalue weighted by atomic mass is 16.5. The number of piperidine rings is 1. The SMILES string of the molecule is O=C(NCC1CCN(C2CCOCC2)CC1)C(=O)Nc1cc2c3c(c1)CCN3C(=O)CC2. The van der Waals surface area contributed by atoms with E-state index >= 15 is 0 Å². The predicted molar refractivity (Wildman–Crippen MR) is 121 cm³/mol.